The fourth-order valence-corrected chi connectivity index (χ4v) is 2.15. The molecule has 1 aromatic heterocycles. The predicted molar refractivity (Wildman–Crippen MR) is 72.8 cm³/mol. The number of ether oxygens (including phenoxy) is 2. The Kier molecular flexibility index (Phi) is 3.19. The Labute approximate surface area is 115 Å². The maximum Gasteiger partial charge on any atom is 0.340 e. The number of benzene rings is 1. The molecule has 7 nitrogen and oxygen atoms in total. The Morgan fingerprint density at radius 3 is 2.85 bits per heavy atom. The zero-order valence-electron chi connectivity index (χ0n) is 11.1. The van der Waals surface area contributed by atoms with Gasteiger partial charge in [-0.15, -0.1) is 0 Å². The minimum absolute atomic E-state index is 0.282. The number of nitrogens with two attached hydrogens (primary N) is 1. The molecular formula is C13H15N3O4. The number of carbonyl (C=O) groups excluding carboxylic acids is 1. The summed E-state index contributed by atoms with van der Waals surface area (Å²) in [6.07, 6.45) is 0. The number of carbonyl (C=O) groups is 1. The Hall–Kier alpha value is -2.28. The molecule has 20 heavy (non-hydrogen) atoms. The molecule has 1 saturated heterocycles. The number of anilines is 2. The van der Waals surface area contributed by atoms with Crippen molar-refractivity contribution < 1.29 is 18.7 Å². The Morgan fingerprint density at radius 1 is 1.40 bits per heavy atom. The van der Waals surface area contributed by atoms with Crippen LogP contribution in [0.3, 0.4) is 0 Å². The van der Waals surface area contributed by atoms with E-state index in [1.807, 2.05) is 4.90 Å². The third-order valence-electron chi connectivity index (χ3n) is 3.24. The van der Waals surface area contributed by atoms with Crippen LogP contribution in [0.1, 0.15) is 10.4 Å². The third kappa shape index (κ3) is 2.16. The van der Waals surface area contributed by atoms with E-state index in [0.29, 0.717) is 36.0 Å². The van der Waals surface area contributed by atoms with Crippen molar-refractivity contribution >= 4 is 28.8 Å². The van der Waals surface area contributed by atoms with E-state index >= 15 is 0 Å². The average molecular weight is 277 g/mol. The van der Waals surface area contributed by atoms with Gasteiger partial charge in [-0.2, -0.15) is 4.98 Å². The van der Waals surface area contributed by atoms with Crippen LogP contribution >= 0.6 is 0 Å². The zero-order valence-corrected chi connectivity index (χ0v) is 11.1. The number of oxazole rings is 1. The summed E-state index contributed by atoms with van der Waals surface area (Å²) in [5, 5.41) is 0. The molecule has 1 aliphatic heterocycles. The number of fused-ring (bicyclic) bond motifs is 1. The normalized spacial score (nSPS) is 15.6. The number of aromatic nitrogens is 1. The maximum absolute atomic E-state index is 11.6. The summed E-state index contributed by atoms with van der Waals surface area (Å²) in [5.74, 6) is -0.492. The van der Waals surface area contributed by atoms with Crippen LogP contribution in [0.25, 0.3) is 11.1 Å². The highest BCUT2D eigenvalue weighted by Crippen LogP contribution is 2.27. The summed E-state index contributed by atoms with van der Waals surface area (Å²) >= 11 is 0. The average Bonchev–Trinajstić information content (AvgIpc) is 2.89. The van der Waals surface area contributed by atoms with Gasteiger partial charge in [0, 0.05) is 18.8 Å². The van der Waals surface area contributed by atoms with Crippen molar-refractivity contribution in [3.63, 3.8) is 0 Å². The van der Waals surface area contributed by atoms with Gasteiger partial charge in [-0.1, -0.05) is 0 Å². The molecule has 2 aromatic rings. The van der Waals surface area contributed by atoms with E-state index in [1.165, 1.54) is 7.11 Å². The lowest BCUT2D eigenvalue weighted by Gasteiger charge is -2.24. The molecule has 0 saturated carbocycles. The third-order valence-corrected chi connectivity index (χ3v) is 3.24. The number of hydrogen-bond acceptors (Lipinski definition) is 7. The Balaban J connectivity index is 2.00. The Bertz CT molecular complexity index is 646. The zero-order chi connectivity index (χ0) is 14.1. The molecule has 0 unspecified atom stereocenters. The number of nitrogen functional groups attached to an aromatic ring is 1. The van der Waals surface area contributed by atoms with Crippen molar-refractivity contribution in [3.05, 3.63) is 17.7 Å². The molecule has 0 aliphatic carbocycles. The largest absolute Gasteiger partial charge is 0.465 e. The molecule has 0 bridgehead atoms. The molecule has 1 aromatic carbocycles. The van der Waals surface area contributed by atoms with Crippen molar-refractivity contribution in [2.24, 2.45) is 0 Å². The van der Waals surface area contributed by atoms with Gasteiger partial charge < -0.3 is 24.5 Å². The van der Waals surface area contributed by atoms with Crippen molar-refractivity contribution in [1.82, 2.24) is 4.98 Å². The summed E-state index contributed by atoms with van der Waals surface area (Å²) < 4.78 is 15.7. The van der Waals surface area contributed by atoms with E-state index in [1.54, 1.807) is 12.1 Å². The highest BCUT2D eigenvalue weighted by molar-refractivity contribution is 5.99. The fourth-order valence-electron chi connectivity index (χ4n) is 2.15. The van der Waals surface area contributed by atoms with E-state index in [9.17, 15) is 4.79 Å². The molecular weight excluding hydrogens is 262 g/mol. The first-order valence-electron chi connectivity index (χ1n) is 6.30. The molecule has 0 radical (unpaired) electrons. The van der Waals surface area contributed by atoms with Crippen LogP contribution in [0.2, 0.25) is 0 Å². The van der Waals surface area contributed by atoms with Crippen molar-refractivity contribution in [3.8, 4) is 0 Å². The predicted octanol–water partition coefficient (Wildman–Crippen LogP) is 1.03. The molecule has 0 atom stereocenters. The second-order valence-electron chi connectivity index (χ2n) is 4.49. The number of morpholine rings is 1. The summed E-state index contributed by atoms with van der Waals surface area (Å²) in [4.78, 5) is 18.0. The minimum Gasteiger partial charge on any atom is -0.465 e. The number of esters is 1. The van der Waals surface area contributed by atoms with Crippen LogP contribution in [0, 0.1) is 0 Å². The van der Waals surface area contributed by atoms with E-state index < -0.39 is 5.97 Å². The first kappa shape index (κ1) is 12.7. The number of hydrogen-bond donors (Lipinski definition) is 1. The van der Waals surface area contributed by atoms with Crippen LogP contribution in [-0.2, 0) is 9.47 Å². The second kappa shape index (κ2) is 5.01. The van der Waals surface area contributed by atoms with Crippen LogP contribution in [0.15, 0.2) is 16.5 Å². The fraction of sp³-hybridized carbons (Fsp3) is 0.385. The number of nitrogens with zero attached hydrogens (tertiary/aromatic N) is 2. The van der Waals surface area contributed by atoms with E-state index in [-0.39, 0.29) is 5.56 Å². The molecule has 2 N–H and O–H groups in total. The standard InChI is InChI=1S/C13H15N3O4/c1-18-12(17)8-6-11-10(7-9(8)14)15-13(20-11)16-2-4-19-5-3-16/h6-7H,2-5,14H2,1H3. The summed E-state index contributed by atoms with van der Waals surface area (Å²) in [7, 11) is 1.31. The molecule has 7 heteroatoms. The summed E-state index contributed by atoms with van der Waals surface area (Å²) in [6, 6.07) is 3.70. The topological polar surface area (TPSA) is 90.8 Å². The van der Waals surface area contributed by atoms with Gasteiger partial charge in [0.1, 0.15) is 5.52 Å². The van der Waals surface area contributed by atoms with Crippen molar-refractivity contribution in [2.75, 3.05) is 44.0 Å². The molecule has 0 amide bonds. The first-order chi connectivity index (χ1) is 9.69. The van der Waals surface area contributed by atoms with Gasteiger partial charge in [-0.25, -0.2) is 4.79 Å². The molecule has 3 rings (SSSR count). The first-order valence-corrected chi connectivity index (χ1v) is 6.30. The van der Waals surface area contributed by atoms with Gasteiger partial charge in [0.2, 0.25) is 0 Å². The lowest BCUT2D eigenvalue weighted by molar-refractivity contribution is 0.0602. The smallest absolute Gasteiger partial charge is 0.340 e. The van der Waals surface area contributed by atoms with Crippen LogP contribution in [-0.4, -0.2) is 44.4 Å². The van der Waals surface area contributed by atoms with Gasteiger partial charge in [0.05, 0.1) is 25.9 Å². The molecule has 1 aliphatic rings. The molecule has 0 spiro atoms. The van der Waals surface area contributed by atoms with Gasteiger partial charge in [-0.3, -0.25) is 0 Å². The van der Waals surface area contributed by atoms with Crippen molar-refractivity contribution in [1.29, 1.82) is 0 Å². The Morgan fingerprint density at radius 2 is 2.15 bits per heavy atom. The summed E-state index contributed by atoms with van der Waals surface area (Å²) in [6.45, 7) is 2.75. The SMILES string of the molecule is COC(=O)c1cc2oc(N3CCOCC3)nc2cc1N. The molecule has 2 heterocycles. The molecule has 106 valence electrons. The number of methoxy groups -OCH3 is 1. The second-order valence-corrected chi connectivity index (χ2v) is 4.49. The van der Waals surface area contributed by atoms with Crippen LogP contribution in [0.4, 0.5) is 11.7 Å². The minimum atomic E-state index is -0.492. The lowest BCUT2D eigenvalue weighted by Crippen LogP contribution is -2.36. The lowest BCUT2D eigenvalue weighted by atomic mass is 10.1. The van der Waals surface area contributed by atoms with E-state index in [0.717, 1.165) is 13.1 Å². The maximum atomic E-state index is 11.6. The number of rotatable bonds is 2. The van der Waals surface area contributed by atoms with Gasteiger partial charge in [0.25, 0.3) is 6.01 Å². The monoisotopic (exact) mass is 277 g/mol. The van der Waals surface area contributed by atoms with Gasteiger partial charge in [-0.05, 0) is 12.1 Å². The van der Waals surface area contributed by atoms with Gasteiger partial charge in [0.15, 0.2) is 5.58 Å². The van der Waals surface area contributed by atoms with Crippen LogP contribution < -0.4 is 10.6 Å². The van der Waals surface area contributed by atoms with E-state index in [2.05, 4.69) is 9.72 Å². The van der Waals surface area contributed by atoms with Crippen LogP contribution in [0.5, 0.6) is 0 Å². The quantitative estimate of drug-likeness (QED) is 0.647. The highest BCUT2D eigenvalue weighted by Gasteiger charge is 2.19. The summed E-state index contributed by atoms with van der Waals surface area (Å²) in [5.41, 5.74) is 7.58. The van der Waals surface area contributed by atoms with Gasteiger partial charge >= 0.3 is 5.97 Å². The molecule has 1 fully saturated rings. The highest BCUT2D eigenvalue weighted by atomic mass is 16.5. The van der Waals surface area contributed by atoms with E-state index in [4.69, 9.17) is 14.9 Å². The van der Waals surface area contributed by atoms with Crippen molar-refractivity contribution in [2.45, 2.75) is 0 Å².